The lowest BCUT2D eigenvalue weighted by Gasteiger charge is -2.21. The molecule has 184 valence electrons. The summed E-state index contributed by atoms with van der Waals surface area (Å²) >= 11 is 0. The van der Waals surface area contributed by atoms with Crippen LogP contribution < -0.4 is 16.6 Å². The Kier molecular flexibility index (Phi) is 9.76. The fraction of sp³-hybridized carbons (Fsp3) is 0.760. The maximum absolute atomic E-state index is 12.7. The summed E-state index contributed by atoms with van der Waals surface area (Å²) in [5, 5.41) is 3.12. The van der Waals surface area contributed by atoms with E-state index >= 15 is 0 Å². The maximum Gasteiger partial charge on any atom is 0.332 e. The van der Waals surface area contributed by atoms with Crippen LogP contribution in [0.4, 0.5) is 0 Å². The van der Waals surface area contributed by atoms with Gasteiger partial charge in [-0.15, -0.1) is 0 Å². The number of rotatable bonds is 13. The second kappa shape index (κ2) is 12.8. The van der Waals surface area contributed by atoms with Crippen molar-refractivity contribution in [2.45, 2.75) is 96.4 Å². The largest absolute Gasteiger partial charge is 0.356 e. The number of nitrogens with zero attached hydrogens (tertiary/aromatic N) is 4. The Balaban J connectivity index is 1.23. The minimum absolute atomic E-state index is 0.214. The molecule has 2 aromatic rings. The molecule has 1 amide bonds. The van der Waals surface area contributed by atoms with Crippen molar-refractivity contribution in [1.82, 2.24) is 24.0 Å². The van der Waals surface area contributed by atoms with E-state index in [1.165, 1.54) is 47.7 Å². The van der Waals surface area contributed by atoms with Crippen LogP contribution in [-0.2, 0) is 25.4 Å². The van der Waals surface area contributed by atoms with Gasteiger partial charge in [-0.1, -0.05) is 57.8 Å². The van der Waals surface area contributed by atoms with Gasteiger partial charge in [-0.05, 0) is 31.6 Å². The number of aromatic nitrogens is 4. The molecule has 0 bridgehead atoms. The number of carbonyl (C=O) groups is 1. The number of hydrogen-bond acceptors (Lipinski definition) is 4. The van der Waals surface area contributed by atoms with Crippen molar-refractivity contribution in [1.29, 1.82) is 0 Å². The molecule has 0 spiro atoms. The van der Waals surface area contributed by atoms with E-state index in [1.54, 1.807) is 25.0 Å². The topological polar surface area (TPSA) is 90.9 Å². The summed E-state index contributed by atoms with van der Waals surface area (Å²) in [6.07, 6.45) is 17.2. The van der Waals surface area contributed by atoms with E-state index in [1.807, 2.05) is 0 Å². The minimum Gasteiger partial charge on any atom is -0.356 e. The summed E-state index contributed by atoms with van der Waals surface area (Å²) in [5.41, 5.74) is 0.357. The molecule has 33 heavy (non-hydrogen) atoms. The first-order valence-corrected chi connectivity index (χ1v) is 12.9. The van der Waals surface area contributed by atoms with Crippen molar-refractivity contribution < 1.29 is 4.79 Å². The molecule has 3 rings (SSSR count). The second-order valence-electron chi connectivity index (χ2n) is 9.71. The third-order valence-corrected chi connectivity index (χ3v) is 7.05. The first-order chi connectivity index (χ1) is 16.0. The molecule has 0 aromatic carbocycles. The van der Waals surface area contributed by atoms with E-state index < -0.39 is 0 Å². The fourth-order valence-electron chi connectivity index (χ4n) is 4.95. The highest BCUT2D eigenvalue weighted by Crippen LogP contribution is 2.22. The highest BCUT2D eigenvalue weighted by Gasteiger charge is 2.15. The Morgan fingerprint density at radius 1 is 0.970 bits per heavy atom. The number of unbranched alkanes of at least 4 members (excludes halogenated alkanes) is 7. The lowest BCUT2D eigenvalue weighted by atomic mass is 9.89. The van der Waals surface area contributed by atoms with Gasteiger partial charge < -0.3 is 9.88 Å². The van der Waals surface area contributed by atoms with Crippen LogP contribution in [0.25, 0.3) is 11.2 Å². The van der Waals surface area contributed by atoms with Crippen molar-refractivity contribution in [3.05, 3.63) is 27.2 Å². The van der Waals surface area contributed by atoms with E-state index in [-0.39, 0.29) is 17.2 Å². The number of carbonyl (C=O) groups excluding carboxylic acids is 1. The highest BCUT2D eigenvalue weighted by atomic mass is 16.2. The summed E-state index contributed by atoms with van der Waals surface area (Å²) < 4.78 is 4.46. The number of amides is 1. The maximum atomic E-state index is 12.7. The van der Waals surface area contributed by atoms with Crippen molar-refractivity contribution >= 4 is 17.1 Å². The molecule has 8 nitrogen and oxygen atoms in total. The molecule has 0 unspecified atom stereocenters. The Labute approximate surface area is 196 Å². The van der Waals surface area contributed by atoms with Gasteiger partial charge in [0.15, 0.2) is 11.2 Å². The van der Waals surface area contributed by atoms with Crippen molar-refractivity contribution in [2.75, 3.05) is 6.54 Å². The monoisotopic (exact) mass is 459 g/mol. The Morgan fingerprint density at radius 2 is 1.61 bits per heavy atom. The van der Waals surface area contributed by atoms with Gasteiger partial charge in [0, 0.05) is 33.6 Å². The van der Waals surface area contributed by atoms with Crippen LogP contribution in [0.2, 0.25) is 0 Å². The number of imidazole rings is 1. The summed E-state index contributed by atoms with van der Waals surface area (Å²) in [4.78, 5) is 41.3. The number of fused-ring (bicyclic) bond motifs is 1. The van der Waals surface area contributed by atoms with Crippen LogP contribution in [0.15, 0.2) is 15.9 Å². The van der Waals surface area contributed by atoms with Gasteiger partial charge in [0.05, 0.1) is 6.33 Å². The quantitative estimate of drug-likeness (QED) is 0.463. The molecule has 0 atom stereocenters. The molecule has 2 heterocycles. The first kappa shape index (κ1) is 25.2. The number of aryl methyl sites for hydroxylation is 2. The summed E-state index contributed by atoms with van der Waals surface area (Å²) in [5.74, 6) is 0.911. The Morgan fingerprint density at radius 3 is 2.30 bits per heavy atom. The lowest BCUT2D eigenvalue weighted by molar-refractivity contribution is -0.121. The Hall–Kier alpha value is -2.38. The van der Waals surface area contributed by atoms with Gasteiger partial charge >= 0.3 is 5.69 Å². The van der Waals surface area contributed by atoms with Crippen LogP contribution in [0.3, 0.4) is 0 Å². The van der Waals surface area contributed by atoms with Gasteiger partial charge in [-0.3, -0.25) is 18.7 Å². The molecule has 1 saturated carbocycles. The van der Waals surface area contributed by atoms with Gasteiger partial charge in [0.25, 0.3) is 5.56 Å². The van der Waals surface area contributed by atoms with Crippen LogP contribution in [-0.4, -0.2) is 31.1 Å². The summed E-state index contributed by atoms with van der Waals surface area (Å²) in [7, 11) is 3.43. The molecule has 0 saturated heterocycles. The standard InChI is InChI=1S/C25H41N5O3/c1-28-19-27-23-22(28)24(32)30(25(33)29(23)2)17-13-8-6-4-3-5-7-12-16-21(31)26-18-20-14-10-9-11-15-20/h19-20H,3-18H2,1-2H3,(H,26,31). The average Bonchev–Trinajstić information content (AvgIpc) is 3.21. The van der Waals surface area contributed by atoms with E-state index in [0.717, 1.165) is 51.5 Å². The zero-order chi connectivity index (χ0) is 23.6. The second-order valence-corrected chi connectivity index (χ2v) is 9.71. The molecular weight excluding hydrogens is 418 g/mol. The number of hydrogen-bond donors (Lipinski definition) is 1. The molecule has 1 aliphatic rings. The molecule has 0 aliphatic heterocycles. The zero-order valence-electron chi connectivity index (χ0n) is 20.5. The molecule has 0 radical (unpaired) electrons. The summed E-state index contributed by atoms with van der Waals surface area (Å²) in [6.45, 7) is 1.32. The molecular formula is C25H41N5O3. The fourth-order valence-corrected chi connectivity index (χ4v) is 4.95. The SMILES string of the molecule is Cn1cnc2c1c(=O)n(CCCCCCCCCCC(=O)NCC1CCCCC1)c(=O)n2C. The smallest absolute Gasteiger partial charge is 0.332 e. The van der Waals surface area contributed by atoms with Gasteiger partial charge in [0.2, 0.25) is 5.91 Å². The molecule has 1 fully saturated rings. The highest BCUT2D eigenvalue weighted by molar-refractivity contribution is 5.75. The van der Waals surface area contributed by atoms with Gasteiger partial charge in [0.1, 0.15) is 0 Å². The predicted octanol–water partition coefficient (Wildman–Crippen LogP) is 3.64. The van der Waals surface area contributed by atoms with Crippen molar-refractivity contribution in [3.63, 3.8) is 0 Å². The van der Waals surface area contributed by atoms with Crippen molar-refractivity contribution in [2.24, 2.45) is 20.0 Å². The first-order valence-electron chi connectivity index (χ1n) is 12.9. The molecule has 1 N–H and O–H groups in total. The van der Waals surface area contributed by atoms with E-state index in [0.29, 0.717) is 30.0 Å². The third kappa shape index (κ3) is 7.05. The Bertz CT molecular complexity index is 1010. The van der Waals surface area contributed by atoms with Gasteiger partial charge in [-0.25, -0.2) is 9.78 Å². The minimum atomic E-state index is -0.297. The van der Waals surface area contributed by atoms with Crippen LogP contribution in [0.1, 0.15) is 89.9 Å². The normalized spacial score (nSPS) is 14.7. The lowest BCUT2D eigenvalue weighted by Crippen LogP contribution is -2.39. The van der Waals surface area contributed by atoms with Crippen LogP contribution >= 0.6 is 0 Å². The van der Waals surface area contributed by atoms with Gasteiger partial charge in [-0.2, -0.15) is 0 Å². The van der Waals surface area contributed by atoms with E-state index in [2.05, 4.69) is 10.3 Å². The molecule has 8 heteroatoms. The van der Waals surface area contributed by atoms with E-state index in [4.69, 9.17) is 0 Å². The number of nitrogens with one attached hydrogen (secondary N) is 1. The predicted molar refractivity (Wildman–Crippen MR) is 131 cm³/mol. The van der Waals surface area contributed by atoms with Crippen LogP contribution in [0, 0.1) is 5.92 Å². The average molecular weight is 460 g/mol. The molecule has 1 aliphatic carbocycles. The summed E-state index contributed by atoms with van der Waals surface area (Å²) in [6, 6.07) is 0. The van der Waals surface area contributed by atoms with Crippen LogP contribution in [0.5, 0.6) is 0 Å². The third-order valence-electron chi connectivity index (χ3n) is 7.05. The van der Waals surface area contributed by atoms with Crippen molar-refractivity contribution in [3.8, 4) is 0 Å². The molecule has 2 aromatic heterocycles. The zero-order valence-corrected chi connectivity index (χ0v) is 20.5. The van der Waals surface area contributed by atoms with E-state index in [9.17, 15) is 14.4 Å².